The third-order valence-corrected chi connectivity index (χ3v) is 5.67. The minimum absolute atomic E-state index is 0.0446. The molecule has 0 spiro atoms. The van der Waals surface area contributed by atoms with Crippen molar-refractivity contribution in [1.29, 1.82) is 0 Å². The van der Waals surface area contributed by atoms with Gasteiger partial charge in [-0.05, 0) is 40.2 Å². The molecule has 0 atom stereocenters. The van der Waals surface area contributed by atoms with Gasteiger partial charge in [-0.1, -0.05) is 64.7 Å². The molecule has 2 amide bonds. The summed E-state index contributed by atoms with van der Waals surface area (Å²) in [4.78, 5) is 23.6. The van der Waals surface area contributed by atoms with Gasteiger partial charge in [0.05, 0.1) is 34.4 Å². The number of carbonyl (C=O) groups is 2. The van der Waals surface area contributed by atoms with E-state index >= 15 is 0 Å². The topological polar surface area (TPSA) is 76.7 Å². The average Bonchev–Trinajstić information content (AvgIpc) is 2.71. The number of rotatable bonds is 4. The van der Waals surface area contributed by atoms with E-state index in [1.54, 1.807) is 30.3 Å². The van der Waals surface area contributed by atoms with E-state index in [1.165, 1.54) is 14.2 Å². The van der Waals surface area contributed by atoms with Crippen LogP contribution in [0.25, 0.3) is 0 Å². The van der Waals surface area contributed by atoms with Crippen molar-refractivity contribution >= 4 is 62.3 Å². The Balaban J connectivity index is 0.000000331. The van der Waals surface area contributed by atoms with Gasteiger partial charge in [-0.2, -0.15) is 0 Å². The van der Waals surface area contributed by atoms with E-state index in [2.05, 4.69) is 26.6 Å². The fourth-order valence-electron chi connectivity index (χ4n) is 2.18. The van der Waals surface area contributed by atoms with Gasteiger partial charge < -0.3 is 20.1 Å². The normalized spacial score (nSPS) is 11.1. The molecule has 2 rings (SSSR count). The van der Waals surface area contributed by atoms with Crippen LogP contribution in [0.15, 0.2) is 34.8 Å². The van der Waals surface area contributed by atoms with Crippen LogP contribution in [0, 0.1) is 10.8 Å². The molecule has 0 aromatic heterocycles. The molecule has 2 N–H and O–H groups in total. The molecule has 2 aromatic rings. The molecule has 182 valence electrons. The minimum Gasteiger partial charge on any atom is -0.495 e. The maximum Gasteiger partial charge on any atom is 0.229 e. The Morgan fingerprint density at radius 3 is 1.82 bits per heavy atom. The number of ether oxygens (including phenoxy) is 2. The molecular weight excluding hydrogens is 531 g/mol. The van der Waals surface area contributed by atoms with Crippen LogP contribution in [0.1, 0.15) is 41.5 Å². The lowest BCUT2D eigenvalue weighted by Crippen LogP contribution is -2.27. The van der Waals surface area contributed by atoms with Crippen molar-refractivity contribution < 1.29 is 19.1 Å². The van der Waals surface area contributed by atoms with E-state index < -0.39 is 10.8 Å². The highest BCUT2D eigenvalue weighted by molar-refractivity contribution is 9.10. The van der Waals surface area contributed by atoms with E-state index in [4.69, 9.17) is 32.7 Å². The highest BCUT2D eigenvalue weighted by Crippen LogP contribution is 2.38. The first kappa shape index (κ1) is 29.1. The second-order valence-electron chi connectivity index (χ2n) is 9.20. The summed E-state index contributed by atoms with van der Waals surface area (Å²) in [6.45, 7) is 11.1. The van der Waals surface area contributed by atoms with E-state index in [0.29, 0.717) is 37.4 Å². The minimum atomic E-state index is -0.452. The highest BCUT2D eigenvalue weighted by Gasteiger charge is 2.23. The summed E-state index contributed by atoms with van der Waals surface area (Å²) in [6, 6.07) is 8.56. The summed E-state index contributed by atoms with van der Waals surface area (Å²) in [7, 11) is 3.07. The van der Waals surface area contributed by atoms with E-state index in [0.717, 1.165) is 0 Å². The molecule has 0 aliphatic carbocycles. The van der Waals surface area contributed by atoms with Crippen LogP contribution < -0.4 is 20.1 Å². The van der Waals surface area contributed by atoms with Crippen molar-refractivity contribution in [3.8, 4) is 11.5 Å². The maximum absolute atomic E-state index is 11.9. The first-order chi connectivity index (χ1) is 15.1. The number of hydrogen-bond donors (Lipinski definition) is 2. The Morgan fingerprint density at radius 1 is 0.818 bits per heavy atom. The van der Waals surface area contributed by atoms with Crippen molar-refractivity contribution in [3.63, 3.8) is 0 Å². The second-order valence-corrected chi connectivity index (χ2v) is 10.8. The van der Waals surface area contributed by atoms with Gasteiger partial charge >= 0.3 is 0 Å². The van der Waals surface area contributed by atoms with Crippen molar-refractivity contribution in [2.24, 2.45) is 10.8 Å². The zero-order valence-corrected chi connectivity index (χ0v) is 23.3. The van der Waals surface area contributed by atoms with Crippen LogP contribution in [0.5, 0.6) is 11.5 Å². The van der Waals surface area contributed by atoms with Gasteiger partial charge in [0.15, 0.2) is 5.75 Å². The number of amides is 2. The predicted octanol–water partition coefficient (Wildman–Crippen LogP) is 7.43. The molecule has 6 nitrogen and oxygen atoms in total. The number of halogens is 3. The van der Waals surface area contributed by atoms with E-state index in [9.17, 15) is 9.59 Å². The summed E-state index contributed by atoms with van der Waals surface area (Å²) >= 11 is 15.2. The molecule has 0 unspecified atom stereocenters. The van der Waals surface area contributed by atoms with Gasteiger partial charge in [-0.3, -0.25) is 9.59 Å². The van der Waals surface area contributed by atoms with Crippen LogP contribution in [-0.4, -0.2) is 26.0 Å². The van der Waals surface area contributed by atoms with E-state index in [-0.39, 0.29) is 11.8 Å². The summed E-state index contributed by atoms with van der Waals surface area (Å²) in [5.74, 6) is 0.950. The van der Waals surface area contributed by atoms with Crippen LogP contribution in [0.3, 0.4) is 0 Å². The molecular formula is C24H31BrCl2N2O4. The molecule has 0 saturated carbocycles. The van der Waals surface area contributed by atoms with Crippen LogP contribution in [0.2, 0.25) is 10.0 Å². The standard InChI is InChI=1S/C12H15BrClNO2.C12H16ClNO2/c1-12(2,3)11(16)15-8-6-5-7(14)10(17-4)9(8)13;1-12(2,3)11(15)14-8-5-6-9(13)10(7-8)16-4/h5-6H,1-4H3,(H,15,16);5-7H,1-4H3,(H,14,15). The first-order valence-electron chi connectivity index (χ1n) is 10.1. The molecule has 0 heterocycles. The summed E-state index contributed by atoms with van der Waals surface area (Å²) in [6.07, 6.45) is 0. The summed E-state index contributed by atoms with van der Waals surface area (Å²) in [5, 5.41) is 6.65. The molecule has 0 radical (unpaired) electrons. The fraction of sp³-hybridized carbons (Fsp3) is 0.417. The highest BCUT2D eigenvalue weighted by atomic mass is 79.9. The zero-order chi connectivity index (χ0) is 25.6. The number of methoxy groups -OCH3 is 2. The number of anilines is 2. The Bertz CT molecular complexity index is 999. The largest absolute Gasteiger partial charge is 0.495 e. The molecule has 0 fully saturated rings. The third kappa shape index (κ3) is 8.72. The molecule has 33 heavy (non-hydrogen) atoms. The lowest BCUT2D eigenvalue weighted by atomic mass is 9.95. The quantitative estimate of drug-likeness (QED) is 0.407. The predicted molar refractivity (Wildman–Crippen MR) is 140 cm³/mol. The van der Waals surface area contributed by atoms with Gasteiger partial charge in [0, 0.05) is 22.6 Å². The Kier molecular flexibility index (Phi) is 10.5. The lowest BCUT2D eigenvalue weighted by molar-refractivity contribution is -0.123. The van der Waals surface area contributed by atoms with Crippen LogP contribution in [-0.2, 0) is 9.59 Å². The average molecular weight is 562 g/mol. The van der Waals surface area contributed by atoms with Gasteiger partial charge in [0.25, 0.3) is 0 Å². The molecule has 0 aliphatic heterocycles. The molecule has 2 aromatic carbocycles. The molecule has 0 saturated heterocycles. The van der Waals surface area contributed by atoms with Crippen LogP contribution >= 0.6 is 39.1 Å². The monoisotopic (exact) mass is 560 g/mol. The van der Waals surface area contributed by atoms with Gasteiger partial charge in [-0.25, -0.2) is 0 Å². The van der Waals surface area contributed by atoms with Gasteiger partial charge in [-0.15, -0.1) is 0 Å². The molecule has 0 aliphatic rings. The fourth-order valence-corrected chi connectivity index (χ4v) is 3.33. The number of hydrogen-bond acceptors (Lipinski definition) is 4. The van der Waals surface area contributed by atoms with E-state index in [1.807, 2.05) is 41.5 Å². The molecule has 9 heteroatoms. The summed E-state index contributed by atoms with van der Waals surface area (Å²) in [5.41, 5.74) is 0.450. The van der Waals surface area contributed by atoms with Gasteiger partial charge in [0.2, 0.25) is 11.8 Å². The van der Waals surface area contributed by atoms with Crippen LogP contribution in [0.4, 0.5) is 11.4 Å². The van der Waals surface area contributed by atoms with Crippen molar-refractivity contribution in [3.05, 3.63) is 44.8 Å². The lowest BCUT2D eigenvalue weighted by Gasteiger charge is -2.19. The summed E-state index contributed by atoms with van der Waals surface area (Å²) < 4.78 is 10.9. The van der Waals surface area contributed by atoms with Crippen molar-refractivity contribution in [2.75, 3.05) is 24.9 Å². The molecule has 0 bridgehead atoms. The maximum atomic E-state index is 11.9. The van der Waals surface area contributed by atoms with Crippen molar-refractivity contribution in [1.82, 2.24) is 0 Å². The Hall–Kier alpha value is -1.96. The Labute approximate surface area is 214 Å². The smallest absolute Gasteiger partial charge is 0.229 e. The second kappa shape index (κ2) is 12.0. The number of nitrogens with one attached hydrogen (secondary N) is 2. The Morgan fingerprint density at radius 2 is 1.33 bits per heavy atom. The van der Waals surface area contributed by atoms with Gasteiger partial charge in [0.1, 0.15) is 5.75 Å². The zero-order valence-electron chi connectivity index (χ0n) is 20.2. The first-order valence-corrected chi connectivity index (χ1v) is 11.6. The number of carbonyl (C=O) groups excluding carboxylic acids is 2. The van der Waals surface area contributed by atoms with Crippen molar-refractivity contribution in [2.45, 2.75) is 41.5 Å². The third-order valence-electron chi connectivity index (χ3n) is 4.27. The number of benzene rings is 2. The SMILES string of the molecule is COc1c(Cl)ccc(NC(=O)C(C)(C)C)c1Br.COc1cc(NC(=O)C(C)(C)C)ccc1Cl.